The first-order valence-electron chi connectivity index (χ1n) is 9.13. The van der Waals surface area contributed by atoms with Gasteiger partial charge in [-0.1, -0.05) is 44.2 Å². The first-order chi connectivity index (χ1) is 12.9. The largest absolute Gasteiger partial charge is 0.331 e. The summed E-state index contributed by atoms with van der Waals surface area (Å²) in [6.45, 7) is 5.24. The van der Waals surface area contributed by atoms with Crippen LogP contribution in [0, 0.1) is 5.92 Å². The molecule has 2 aromatic rings. The number of carbonyl (C=O) groups excluding carboxylic acids is 2. The molecule has 1 aromatic heterocycles. The van der Waals surface area contributed by atoms with E-state index in [4.69, 9.17) is 4.98 Å². The van der Waals surface area contributed by atoms with E-state index in [0.717, 1.165) is 11.4 Å². The summed E-state index contributed by atoms with van der Waals surface area (Å²) in [6, 6.07) is 9.37. The summed E-state index contributed by atoms with van der Waals surface area (Å²) in [6.07, 6.45) is 0. The molecule has 0 bridgehead atoms. The van der Waals surface area contributed by atoms with Gasteiger partial charge in [-0.15, -0.1) is 0 Å². The lowest BCUT2D eigenvalue weighted by Gasteiger charge is -2.37. The summed E-state index contributed by atoms with van der Waals surface area (Å²) in [5.74, 6) is 1.53. The zero-order chi connectivity index (χ0) is 19.6. The molecular weight excluding hydrogens is 344 g/mol. The minimum atomic E-state index is -0.281. The number of fused-ring (bicyclic) bond motifs is 1. The van der Waals surface area contributed by atoms with Crippen LogP contribution in [0.25, 0.3) is 11.4 Å². The Kier molecular flexibility index (Phi) is 5.43. The number of urea groups is 1. The molecule has 0 saturated heterocycles. The van der Waals surface area contributed by atoms with Crippen LogP contribution in [-0.2, 0) is 11.3 Å². The molecule has 8 nitrogen and oxygen atoms in total. The Morgan fingerprint density at radius 3 is 2.56 bits per heavy atom. The lowest BCUT2D eigenvalue weighted by Crippen LogP contribution is -2.49. The number of nitrogens with zero attached hydrogens (tertiary/aromatic N) is 5. The van der Waals surface area contributed by atoms with Crippen molar-refractivity contribution in [1.82, 2.24) is 29.9 Å². The van der Waals surface area contributed by atoms with Gasteiger partial charge < -0.3 is 15.1 Å². The SMILES string of the molecule is CC(C)[C@H]1c2nc(-c3ccccc3)nn2CCN1C(=O)CNC(=O)N(C)C. The van der Waals surface area contributed by atoms with Crippen molar-refractivity contribution in [2.45, 2.75) is 26.4 Å². The minimum Gasteiger partial charge on any atom is -0.331 e. The fourth-order valence-corrected chi connectivity index (χ4v) is 3.28. The van der Waals surface area contributed by atoms with Crippen molar-refractivity contribution in [2.75, 3.05) is 27.2 Å². The molecule has 1 N–H and O–H groups in total. The van der Waals surface area contributed by atoms with E-state index in [9.17, 15) is 9.59 Å². The van der Waals surface area contributed by atoms with Crippen LogP contribution >= 0.6 is 0 Å². The maximum absolute atomic E-state index is 12.8. The number of nitrogens with one attached hydrogen (secondary N) is 1. The highest BCUT2D eigenvalue weighted by Gasteiger charge is 2.35. The van der Waals surface area contributed by atoms with Crippen LogP contribution < -0.4 is 5.32 Å². The number of rotatable bonds is 4. The number of amides is 3. The molecule has 8 heteroatoms. The lowest BCUT2D eigenvalue weighted by molar-refractivity contribution is -0.135. The highest BCUT2D eigenvalue weighted by molar-refractivity contribution is 5.84. The molecule has 1 aromatic carbocycles. The predicted octanol–water partition coefficient (Wildman–Crippen LogP) is 1.76. The van der Waals surface area contributed by atoms with Crippen molar-refractivity contribution in [1.29, 1.82) is 0 Å². The Labute approximate surface area is 159 Å². The molecule has 0 saturated carbocycles. The van der Waals surface area contributed by atoms with E-state index < -0.39 is 0 Å². The molecule has 144 valence electrons. The maximum atomic E-state index is 12.8. The average Bonchev–Trinajstić information content (AvgIpc) is 3.09. The second kappa shape index (κ2) is 7.77. The van der Waals surface area contributed by atoms with Crippen molar-refractivity contribution >= 4 is 11.9 Å². The quantitative estimate of drug-likeness (QED) is 0.889. The van der Waals surface area contributed by atoms with Gasteiger partial charge in [0.1, 0.15) is 0 Å². The molecule has 1 aliphatic heterocycles. The third-order valence-electron chi connectivity index (χ3n) is 4.63. The number of benzene rings is 1. The van der Waals surface area contributed by atoms with Gasteiger partial charge in [-0.05, 0) is 5.92 Å². The molecule has 0 radical (unpaired) electrons. The van der Waals surface area contributed by atoms with Crippen LogP contribution in [-0.4, -0.2) is 63.7 Å². The highest BCUT2D eigenvalue weighted by atomic mass is 16.2. The Morgan fingerprint density at radius 2 is 1.93 bits per heavy atom. The summed E-state index contributed by atoms with van der Waals surface area (Å²) >= 11 is 0. The second-order valence-electron chi connectivity index (χ2n) is 7.21. The van der Waals surface area contributed by atoms with Crippen LogP contribution in [0.2, 0.25) is 0 Å². The van der Waals surface area contributed by atoms with Gasteiger partial charge in [0.05, 0.1) is 19.1 Å². The van der Waals surface area contributed by atoms with Crippen LogP contribution in [0.5, 0.6) is 0 Å². The molecule has 3 rings (SSSR count). The Bertz CT molecular complexity index is 815. The van der Waals surface area contributed by atoms with E-state index in [1.165, 1.54) is 4.90 Å². The molecule has 0 unspecified atom stereocenters. The fraction of sp³-hybridized carbons (Fsp3) is 0.474. The third kappa shape index (κ3) is 3.94. The van der Waals surface area contributed by atoms with E-state index in [1.807, 2.05) is 35.0 Å². The van der Waals surface area contributed by atoms with E-state index >= 15 is 0 Å². The van der Waals surface area contributed by atoms with Gasteiger partial charge in [-0.25, -0.2) is 14.5 Å². The van der Waals surface area contributed by atoms with Gasteiger partial charge in [0, 0.05) is 26.2 Å². The zero-order valence-corrected chi connectivity index (χ0v) is 16.2. The van der Waals surface area contributed by atoms with E-state index in [0.29, 0.717) is 18.9 Å². The van der Waals surface area contributed by atoms with Crippen LogP contribution in [0.4, 0.5) is 4.79 Å². The number of aromatic nitrogens is 3. The monoisotopic (exact) mass is 370 g/mol. The van der Waals surface area contributed by atoms with Crippen LogP contribution in [0.3, 0.4) is 0 Å². The van der Waals surface area contributed by atoms with E-state index in [2.05, 4.69) is 24.3 Å². The van der Waals surface area contributed by atoms with Gasteiger partial charge in [-0.2, -0.15) is 5.10 Å². The molecule has 0 fully saturated rings. The molecule has 2 heterocycles. The zero-order valence-electron chi connectivity index (χ0n) is 16.2. The van der Waals surface area contributed by atoms with Gasteiger partial charge in [-0.3, -0.25) is 4.79 Å². The van der Waals surface area contributed by atoms with Crippen molar-refractivity contribution in [2.24, 2.45) is 5.92 Å². The fourth-order valence-electron chi connectivity index (χ4n) is 3.28. The Hall–Kier alpha value is -2.90. The second-order valence-corrected chi connectivity index (χ2v) is 7.21. The first-order valence-corrected chi connectivity index (χ1v) is 9.13. The lowest BCUT2D eigenvalue weighted by atomic mass is 9.99. The predicted molar refractivity (Wildman–Crippen MR) is 102 cm³/mol. The summed E-state index contributed by atoms with van der Waals surface area (Å²) in [4.78, 5) is 32.4. The molecule has 0 spiro atoms. The van der Waals surface area contributed by atoms with E-state index in [1.54, 1.807) is 19.0 Å². The molecule has 1 atom stereocenters. The minimum absolute atomic E-state index is 0.0279. The Morgan fingerprint density at radius 1 is 1.22 bits per heavy atom. The van der Waals surface area contributed by atoms with Crippen LogP contribution in [0.15, 0.2) is 30.3 Å². The number of carbonyl (C=O) groups is 2. The van der Waals surface area contributed by atoms with Gasteiger partial charge in [0.15, 0.2) is 11.6 Å². The van der Waals surface area contributed by atoms with Gasteiger partial charge >= 0.3 is 6.03 Å². The normalized spacial score (nSPS) is 16.2. The number of hydrogen-bond acceptors (Lipinski definition) is 4. The van der Waals surface area contributed by atoms with Crippen molar-refractivity contribution in [3.63, 3.8) is 0 Å². The molecule has 1 aliphatic rings. The van der Waals surface area contributed by atoms with E-state index in [-0.39, 0.29) is 30.4 Å². The van der Waals surface area contributed by atoms with Crippen molar-refractivity contribution < 1.29 is 9.59 Å². The van der Waals surface area contributed by atoms with Crippen molar-refractivity contribution in [3.05, 3.63) is 36.2 Å². The first kappa shape index (κ1) is 18.9. The van der Waals surface area contributed by atoms with Crippen molar-refractivity contribution in [3.8, 4) is 11.4 Å². The summed E-state index contributed by atoms with van der Waals surface area (Å²) < 4.78 is 1.90. The average molecular weight is 370 g/mol. The third-order valence-corrected chi connectivity index (χ3v) is 4.63. The molecule has 3 amide bonds. The molecule has 0 aliphatic carbocycles. The summed E-state index contributed by atoms with van der Waals surface area (Å²) in [7, 11) is 3.29. The molecular formula is C19H26N6O2. The van der Waals surface area contributed by atoms with Crippen LogP contribution in [0.1, 0.15) is 25.7 Å². The molecule has 27 heavy (non-hydrogen) atoms. The van der Waals surface area contributed by atoms with Gasteiger partial charge in [0.2, 0.25) is 5.91 Å². The Balaban J connectivity index is 1.83. The summed E-state index contributed by atoms with van der Waals surface area (Å²) in [5.41, 5.74) is 0.957. The number of hydrogen-bond donors (Lipinski definition) is 1. The smallest absolute Gasteiger partial charge is 0.317 e. The van der Waals surface area contributed by atoms with Gasteiger partial charge in [0.25, 0.3) is 0 Å². The highest BCUT2D eigenvalue weighted by Crippen LogP contribution is 2.32. The topological polar surface area (TPSA) is 83.4 Å². The summed E-state index contributed by atoms with van der Waals surface area (Å²) in [5, 5.41) is 7.28. The standard InChI is InChI=1S/C19H26N6O2/c1-13(2)16-18-21-17(14-8-6-5-7-9-14)22-25(18)11-10-24(16)15(26)12-20-19(27)23(3)4/h5-9,13,16H,10-12H2,1-4H3,(H,20,27)/t16-/m0/s1. The maximum Gasteiger partial charge on any atom is 0.317 e.